The minimum Gasteiger partial charge on any atom is -0.385 e. The molecule has 108 valence electrons. The van der Waals surface area contributed by atoms with Gasteiger partial charge in [0.2, 0.25) is 5.91 Å². The maximum Gasteiger partial charge on any atom is 0.244 e. The highest BCUT2D eigenvalue weighted by molar-refractivity contribution is 7.17. The number of hydrogen-bond acceptors (Lipinski definition) is 4. The summed E-state index contributed by atoms with van der Waals surface area (Å²) in [6.07, 6.45) is 6.22. The number of ether oxygens (including phenoxy) is 1. The number of rotatable bonds is 6. The Hall–Kier alpha value is -1.66. The SMILES string of the molecule is COCCCNC(=O)/C=C/c1c(C)nc2sc(C)cn12. The summed E-state index contributed by atoms with van der Waals surface area (Å²) in [5.74, 6) is -0.0950. The molecule has 0 aliphatic heterocycles. The largest absolute Gasteiger partial charge is 0.385 e. The predicted molar refractivity (Wildman–Crippen MR) is 81.1 cm³/mol. The number of nitrogens with zero attached hydrogens (tertiary/aromatic N) is 2. The molecule has 20 heavy (non-hydrogen) atoms. The van der Waals surface area contributed by atoms with E-state index < -0.39 is 0 Å². The Labute approximate surface area is 122 Å². The third kappa shape index (κ3) is 3.46. The summed E-state index contributed by atoms with van der Waals surface area (Å²) in [4.78, 5) is 18.3. The van der Waals surface area contributed by atoms with Crippen LogP contribution in [0.1, 0.15) is 22.7 Å². The predicted octanol–water partition coefficient (Wildman–Crippen LogP) is 2.18. The van der Waals surface area contributed by atoms with Crippen molar-refractivity contribution < 1.29 is 9.53 Å². The number of carbonyl (C=O) groups is 1. The lowest BCUT2D eigenvalue weighted by Crippen LogP contribution is -2.22. The topological polar surface area (TPSA) is 55.6 Å². The molecule has 2 aromatic heterocycles. The number of amides is 1. The van der Waals surface area contributed by atoms with E-state index in [2.05, 4.69) is 10.3 Å². The van der Waals surface area contributed by atoms with Crippen molar-refractivity contribution >= 4 is 28.3 Å². The van der Waals surface area contributed by atoms with Crippen LogP contribution >= 0.6 is 11.3 Å². The Morgan fingerprint density at radius 3 is 3.10 bits per heavy atom. The Kier molecular flexibility index (Phi) is 4.92. The summed E-state index contributed by atoms with van der Waals surface area (Å²) >= 11 is 1.64. The molecule has 6 heteroatoms. The van der Waals surface area contributed by atoms with Gasteiger partial charge in [0.05, 0.1) is 11.4 Å². The molecule has 5 nitrogen and oxygen atoms in total. The van der Waals surface area contributed by atoms with Crippen LogP contribution in [0.3, 0.4) is 0 Å². The number of nitrogens with one attached hydrogen (secondary N) is 1. The lowest BCUT2D eigenvalue weighted by molar-refractivity contribution is -0.116. The van der Waals surface area contributed by atoms with Crippen molar-refractivity contribution in [1.82, 2.24) is 14.7 Å². The first-order chi connectivity index (χ1) is 9.61. The van der Waals surface area contributed by atoms with E-state index in [-0.39, 0.29) is 5.91 Å². The van der Waals surface area contributed by atoms with Crippen LogP contribution in [0.5, 0.6) is 0 Å². The van der Waals surface area contributed by atoms with Crippen LogP contribution in [-0.4, -0.2) is 35.6 Å². The zero-order chi connectivity index (χ0) is 14.5. The summed E-state index contributed by atoms with van der Waals surface area (Å²) in [6, 6.07) is 0. The fourth-order valence-electron chi connectivity index (χ4n) is 1.92. The molecule has 0 aliphatic carbocycles. The number of thiazole rings is 1. The highest BCUT2D eigenvalue weighted by atomic mass is 32.1. The van der Waals surface area contributed by atoms with Crippen LogP contribution < -0.4 is 5.32 Å². The van der Waals surface area contributed by atoms with E-state index in [1.807, 2.05) is 30.5 Å². The van der Waals surface area contributed by atoms with E-state index in [0.29, 0.717) is 13.2 Å². The van der Waals surface area contributed by atoms with Crippen molar-refractivity contribution in [3.63, 3.8) is 0 Å². The van der Waals surface area contributed by atoms with Crippen LogP contribution in [0.15, 0.2) is 12.3 Å². The van der Waals surface area contributed by atoms with Crippen molar-refractivity contribution in [2.45, 2.75) is 20.3 Å². The maximum atomic E-state index is 11.7. The standard InChI is InChI=1S/C14H19N3O2S/c1-10-9-17-12(11(2)16-14(17)20-10)5-6-13(18)15-7-4-8-19-3/h5-6,9H,4,7-8H2,1-3H3,(H,15,18)/b6-5+. The summed E-state index contributed by atoms with van der Waals surface area (Å²) < 4.78 is 6.95. The van der Waals surface area contributed by atoms with E-state index in [4.69, 9.17) is 4.74 Å². The van der Waals surface area contributed by atoms with Crippen LogP contribution in [0.25, 0.3) is 11.0 Å². The molecule has 0 bridgehead atoms. The lowest BCUT2D eigenvalue weighted by atomic mass is 10.3. The van der Waals surface area contributed by atoms with Gasteiger partial charge in [-0.2, -0.15) is 0 Å². The molecule has 0 aliphatic rings. The molecule has 0 saturated heterocycles. The Balaban J connectivity index is 2.01. The average molecular weight is 293 g/mol. The minimum absolute atomic E-state index is 0.0950. The van der Waals surface area contributed by atoms with Gasteiger partial charge in [0.1, 0.15) is 0 Å². The normalized spacial score (nSPS) is 11.6. The van der Waals surface area contributed by atoms with Gasteiger partial charge in [-0.25, -0.2) is 4.98 Å². The fourth-order valence-corrected chi connectivity index (χ4v) is 2.80. The number of aromatic nitrogens is 2. The van der Waals surface area contributed by atoms with Crippen molar-refractivity contribution in [3.05, 3.63) is 28.5 Å². The molecule has 0 saturated carbocycles. The lowest BCUT2D eigenvalue weighted by Gasteiger charge is -2.00. The Morgan fingerprint density at radius 1 is 1.55 bits per heavy atom. The molecular weight excluding hydrogens is 274 g/mol. The van der Waals surface area contributed by atoms with E-state index >= 15 is 0 Å². The van der Waals surface area contributed by atoms with Gasteiger partial charge >= 0.3 is 0 Å². The molecular formula is C14H19N3O2S. The molecule has 1 amide bonds. The molecule has 0 atom stereocenters. The zero-order valence-corrected chi connectivity index (χ0v) is 12.8. The second kappa shape index (κ2) is 6.67. The van der Waals surface area contributed by atoms with Crippen molar-refractivity contribution in [2.75, 3.05) is 20.3 Å². The van der Waals surface area contributed by atoms with Crippen LogP contribution in [-0.2, 0) is 9.53 Å². The first-order valence-electron chi connectivity index (χ1n) is 6.51. The number of methoxy groups -OCH3 is 1. The Bertz CT molecular complexity index is 628. The summed E-state index contributed by atoms with van der Waals surface area (Å²) in [7, 11) is 1.65. The third-order valence-corrected chi connectivity index (χ3v) is 3.78. The highest BCUT2D eigenvalue weighted by Crippen LogP contribution is 2.21. The molecule has 2 heterocycles. The van der Waals surface area contributed by atoms with Crippen molar-refractivity contribution in [1.29, 1.82) is 0 Å². The van der Waals surface area contributed by atoms with Crippen LogP contribution in [0.4, 0.5) is 0 Å². The van der Waals surface area contributed by atoms with E-state index in [0.717, 1.165) is 22.8 Å². The monoisotopic (exact) mass is 293 g/mol. The fraction of sp³-hybridized carbons (Fsp3) is 0.429. The summed E-state index contributed by atoms with van der Waals surface area (Å²) in [6.45, 7) is 5.27. The van der Waals surface area contributed by atoms with Gasteiger partial charge in [0.15, 0.2) is 4.96 Å². The highest BCUT2D eigenvalue weighted by Gasteiger charge is 2.08. The van der Waals surface area contributed by atoms with Crippen molar-refractivity contribution in [3.8, 4) is 0 Å². The van der Waals surface area contributed by atoms with E-state index in [9.17, 15) is 4.79 Å². The molecule has 2 rings (SSSR count). The molecule has 2 aromatic rings. The van der Waals surface area contributed by atoms with Gasteiger partial charge in [-0.15, -0.1) is 11.3 Å². The first-order valence-corrected chi connectivity index (χ1v) is 7.33. The number of fused-ring (bicyclic) bond motifs is 1. The average Bonchev–Trinajstić information content (AvgIpc) is 2.88. The van der Waals surface area contributed by atoms with Gasteiger partial charge < -0.3 is 10.1 Å². The molecule has 1 N–H and O–H groups in total. The van der Waals surface area contributed by atoms with Crippen LogP contribution in [0.2, 0.25) is 0 Å². The zero-order valence-electron chi connectivity index (χ0n) is 12.0. The molecule has 0 unspecified atom stereocenters. The van der Waals surface area contributed by atoms with Crippen molar-refractivity contribution in [2.24, 2.45) is 0 Å². The first kappa shape index (κ1) is 14.7. The second-order valence-electron chi connectivity index (χ2n) is 4.55. The number of carbonyl (C=O) groups excluding carboxylic acids is 1. The molecule has 0 aromatic carbocycles. The van der Waals surface area contributed by atoms with E-state index in [1.165, 1.54) is 4.88 Å². The van der Waals surface area contributed by atoms with E-state index in [1.54, 1.807) is 24.5 Å². The smallest absolute Gasteiger partial charge is 0.244 e. The Morgan fingerprint density at radius 2 is 2.35 bits per heavy atom. The number of aryl methyl sites for hydroxylation is 2. The van der Waals surface area contributed by atoms with Gasteiger partial charge in [-0.05, 0) is 26.3 Å². The maximum absolute atomic E-state index is 11.7. The number of imidazole rings is 1. The quantitative estimate of drug-likeness (QED) is 0.656. The molecule has 0 fully saturated rings. The third-order valence-electron chi connectivity index (χ3n) is 2.88. The van der Waals surface area contributed by atoms with Gasteiger partial charge in [0.25, 0.3) is 0 Å². The summed E-state index contributed by atoms with van der Waals surface area (Å²) in [5.41, 5.74) is 1.89. The second-order valence-corrected chi connectivity index (χ2v) is 5.76. The van der Waals surface area contributed by atoms with Gasteiger partial charge in [0, 0.05) is 37.4 Å². The summed E-state index contributed by atoms with van der Waals surface area (Å²) in [5, 5.41) is 2.82. The van der Waals surface area contributed by atoms with Gasteiger partial charge in [-0.3, -0.25) is 9.20 Å². The minimum atomic E-state index is -0.0950. The van der Waals surface area contributed by atoms with Gasteiger partial charge in [-0.1, -0.05) is 0 Å². The van der Waals surface area contributed by atoms with Crippen LogP contribution in [0, 0.1) is 13.8 Å². The molecule has 0 radical (unpaired) electrons. The number of hydrogen-bond donors (Lipinski definition) is 1. The molecule has 0 spiro atoms.